The van der Waals surface area contributed by atoms with Crippen LogP contribution in [0.1, 0.15) is 42.9 Å². The van der Waals surface area contributed by atoms with Crippen molar-refractivity contribution in [2.24, 2.45) is 5.41 Å². The average Bonchev–Trinajstić information content (AvgIpc) is 2.75. The molecule has 0 spiro atoms. The topological polar surface area (TPSA) is 83.4 Å². The van der Waals surface area contributed by atoms with Crippen molar-refractivity contribution < 1.29 is 14.7 Å². The summed E-state index contributed by atoms with van der Waals surface area (Å²) in [7, 11) is 0. The van der Waals surface area contributed by atoms with E-state index in [1.54, 1.807) is 31.2 Å². The number of carboxylic acid groups (broad SMARTS) is 1. The van der Waals surface area contributed by atoms with Crippen molar-refractivity contribution in [2.75, 3.05) is 4.90 Å². The van der Waals surface area contributed by atoms with Crippen molar-refractivity contribution in [1.29, 1.82) is 0 Å². The summed E-state index contributed by atoms with van der Waals surface area (Å²) < 4.78 is 0. The molecular formula is C24H20Cl3N3O3. The van der Waals surface area contributed by atoms with E-state index in [1.165, 1.54) is 11.1 Å². The molecular weight excluding hydrogens is 485 g/mol. The van der Waals surface area contributed by atoms with E-state index in [2.05, 4.69) is 9.97 Å². The van der Waals surface area contributed by atoms with E-state index in [4.69, 9.17) is 34.8 Å². The Bertz CT molecular complexity index is 1200. The Kier molecular flexibility index (Phi) is 6.61. The maximum Gasteiger partial charge on any atom is 0.304 e. The number of carbonyl (C=O) groups excluding carboxylic acids is 1. The molecule has 6 nitrogen and oxygen atoms in total. The Morgan fingerprint density at radius 3 is 2.45 bits per heavy atom. The summed E-state index contributed by atoms with van der Waals surface area (Å²) in [5.74, 6) is -1.39. The number of carboxylic acids is 1. The summed E-state index contributed by atoms with van der Waals surface area (Å²) in [5, 5.41) is 10.7. The van der Waals surface area contributed by atoms with E-state index in [0.717, 1.165) is 11.1 Å². The number of halogens is 3. The van der Waals surface area contributed by atoms with Crippen LogP contribution in [0.3, 0.4) is 0 Å². The Labute approximate surface area is 206 Å². The van der Waals surface area contributed by atoms with Gasteiger partial charge in [0.25, 0.3) is 0 Å². The summed E-state index contributed by atoms with van der Waals surface area (Å²) in [6, 6.07) is 15.7. The number of hydrogen-bond donors (Lipinski definition) is 1. The fourth-order valence-electron chi connectivity index (χ4n) is 4.55. The van der Waals surface area contributed by atoms with Gasteiger partial charge in [-0.2, -0.15) is 0 Å². The Morgan fingerprint density at radius 1 is 1.09 bits per heavy atom. The lowest BCUT2D eigenvalue weighted by Gasteiger charge is -2.48. The van der Waals surface area contributed by atoms with Gasteiger partial charge in [-0.25, -0.2) is 9.97 Å². The lowest BCUT2D eigenvalue weighted by atomic mass is 9.67. The van der Waals surface area contributed by atoms with E-state index in [1.807, 2.05) is 30.3 Å². The van der Waals surface area contributed by atoms with Crippen LogP contribution in [0.25, 0.3) is 0 Å². The highest BCUT2D eigenvalue weighted by atomic mass is 35.5. The van der Waals surface area contributed by atoms with Gasteiger partial charge in [-0.3, -0.25) is 14.5 Å². The van der Waals surface area contributed by atoms with Crippen LogP contribution in [0.15, 0.2) is 60.8 Å². The van der Waals surface area contributed by atoms with Gasteiger partial charge in [-0.1, -0.05) is 54.4 Å². The number of nitrogens with zero attached hydrogens (tertiary/aromatic N) is 3. The number of piperidine rings is 1. The van der Waals surface area contributed by atoms with Gasteiger partial charge in [0.15, 0.2) is 0 Å². The molecule has 1 amide bonds. The molecule has 4 rings (SSSR count). The van der Waals surface area contributed by atoms with Gasteiger partial charge < -0.3 is 5.11 Å². The number of rotatable bonds is 5. The van der Waals surface area contributed by atoms with Crippen molar-refractivity contribution in [3.63, 3.8) is 0 Å². The van der Waals surface area contributed by atoms with Gasteiger partial charge in [0.1, 0.15) is 5.82 Å². The first-order valence-corrected chi connectivity index (χ1v) is 11.4. The number of amides is 1. The molecule has 0 aliphatic carbocycles. The van der Waals surface area contributed by atoms with Crippen LogP contribution in [0.2, 0.25) is 15.3 Å². The Balaban J connectivity index is 1.96. The zero-order chi connectivity index (χ0) is 23.8. The smallest absolute Gasteiger partial charge is 0.304 e. The number of benzene rings is 2. The summed E-state index contributed by atoms with van der Waals surface area (Å²) in [4.78, 5) is 35.4. The minimum absolute atomic E-state index is 0.0139. The number of anilines is 1. The van der Waals surface area contributed by atoms with Crippen LogP contribution < -0.4 is 4.90 Å². The second-order valence-electron chi connectivity index (χ2n) is 8.35. The van der Waals surface area contributed by atoms with Gasteiger partial charge in [0.05, 0.1) is 17.9 Å². The molecule has 0 saturated carbocycles. The first-order chi connectivity index (χ1) is 15.7. The first kappa shape index (κ1) is 23.5. The number of aliphatic carboxylic acids is 1. The van der Waals surface area contributed by atoms with Crippen molar-refractivity contribution in [2.45, 2.75) is 31.7 Å². The second kappa shape index (κ2) is 9.29. The summed E-state index contributed by atoms with van der Waals surface area (Å²) in [5.41, 5.74) is 0.528. The third kappa shape index (κ3) is 4.83. The van der Waals surface area contributed by atoms with Crippen LogP contribution in [0, 0.1) is 5.41 Å². The molecule has 3 aromatic rings. The molecule has 9 heteroatoms. The van der Waals surface area contributed by atoms with Crippen molar-refractivity contribution in [1.82, 2.24) is 9.97 Å². The molecule has 1 aliphatic rings. The average molecular weight is 505 g/mol. The summed E-state index contributed by atoms with van der Waals surface area (Å²) >= 11 is 18.5. The van der Waals surface area contributed by atoms with Crippen molar-refractivity contribution >= 4 is 52.5 Å². The van der Waals surface area contributed by atoms with Gasteiger partial charge in [-0.15, -0.1) is 0 Å². The third-order valence-corrected chi connectivity index (χ3v) is 6.62. The molecule has 1 saturated heterocycles. The van der Waals surface area contributed by atoms with Crippen LogP contribution in [0.4, 0.5) is 5.82 Å². The number of hydrogen-bond acceptors (Lipinski definition) is 4. The van der Waals surface area contributed by atoms with Gasteiger partial charge in [-0.05, 0) is 59.5 Å². The second-order valence-corrected chi connectivity index (χ2v) is 9.56. The van der Waals surface area contributed by atoms with E-state index in [0.29, 0.717) is 22.3 Å². The molecule has 33 heavy (non-hydrogen) atoms. The molecule has 1 aliphatic heterocycles. The standard InChI is InChI=1S/C24H20Cl3N3O3/c1-24(13-20(31)32)12-18(15-3-2-4-17(26)11-15)21(14-5-7-16(25)8-6-14)30(22(24)33)19-9-10-28-23(27)29-19/h2-11,18,21H,12-13H2,1H3,(H,31,32)/t18-,21-,24-/m1/s1. The lowest BCUT2D eigenvalue weighted by Crippen LogP contribution is -2.53. The molecule has 3 atom stereocenters. The molecule has 1 aromatic heterocycles. The summed E-state index contributed by atoms with van der Waals surface area (Å²) in [6.07, 6.45) is 1.45. The minimum Gasteiger partial charge on any atom is -0.481 e. The molecule has 2 heterocycles. The predicted octanol–water partition coefficient (Wildman–Crippen LogP) is 6.18. The van der Waals surface area contributed by atoms with Crippen molar-refractivity contribution in [3.05, 3.63) is 87.2 Å². The SMILES string of the molecule is C[C@]1(CC(=O)O)C[C@H](c2cccc(Cl)c2)[C@@H](c2ccc(Cl)cc2)N(c2ccnc(Cl)n2)C1=O. The zero-order valence-electron chi connectivity index (χ0n) is 17.6. The molecule has 0 radical (unpaired) electrons. The zero-order valence-corrected chi connectivity index (χ0v) is 19.8. The quantitative estimate of drug-likeness (QED) is 0.420. The maximum absolute atomic E-state index is 13.9. The lowest BCUT2D eigenvalue weighted by molar-refractivity contribution is -0.145. The van der Waals surface area contributed by atoms with E-state index in [9.17, 15) is 14.7 Å². The van der Waals surface area contributed by atoms with Gasteiger partial charge >= 0.3 is 5.97 Å². The first-order valence-electron chi connectivity index (χ1n) is 10.2. The fraction of sp³-hybridized carbons (Fsp3) is 0.250. The molecule has 0 unspecified atom stereocenters. The van der Waals surface area contributed by atoms with E-state index >= 15 is 0 Å². The Hall–Kier alpha value is -2.67. The Morgan fingerprint density at radius 2 is 1.82 bits per heavy atom. The highest BCUT2D eigenvalue weighted by molar-refractivity contribution is 6.31. The highest BCUT2D eigenvalue weighted by Gasteiger charge is 2.51. The maximum atomic E-state index is 13.9. The monoisotopic (exact) mass is 503 g/mol. The van der Waals surface area contributed by atoms with Gasteiger partial charge in [0.2, 0.25) is 11.2 Å². The summed E-state index contributed by atoms with van der Waals surface area (Å²) in [6.45, 7) is 1.68. The molecule has 1 fully saturated rings. The van der Waals surface area contributed by atoms with Crippen LogP contribution in [0.5, 0.6) is 0 Å². The third-order valence-electron chi connectivity index (χ3n) is 5.95. The molecule has 0 bridgehead atoms. The van der Waals surface area contributed by atoms with Crippen LogP contribution in [-0.2, 0) is 9.59 Å². The number of carbonyl (C=O) groups is 2. The normalized spacial score (nSPS) is 22.9. The van der Waals surface area contributed by atoms with Gasteiger partial charge in [0, 0.05) is 22.2 Å². The molecule has 170 valence electrons. The van der Waals surface area contributed by atoms with Crippen molar-refractivity contribution in [3.8, 4) is 0 Å². The molecule has 2 aromatic carbocycles. The fourth-order valence-corrected chi connectivity index (χ4v) is 5.02. The van der Waals surface area contributed by atoms with Crippen LogP contribution >= 0.6 is 34.8 Å². The van der Waals surface area contributed by atoms with E-state index < -0.39 is 17.4 Å². The van der Waals surface area contributed by atoms with E-state index in [-0.39, 0.29) is 23.5 Å². The predicted molar refractivity (Wildman–Crippen MR) is 128 cm³/mol. The largest absolute Gasteiger partial charge is 0.481 e. The molecule has 1 N–H and O–H groups in total. The highest BCUT2D eigenvalue weighted by Crippen LogP contribution is 2.52. The van der Waals surface area contributed by atoms with Crippen LogP contribution in [-0.4, -0.2) is 27.0 Å². The minimum atomic E-state index is -1.18. The number of aromatic nitrogens is 2.